The van der Waals surface area contributed by atoms with Crippen molar-refractivity contribution >= 4 is 11.8 Å². The smallest absolute Gasteiger partial charge is 0.330 e. The van der Waals surface area contributed by atoms with Crippen molar-refractivity contribution in [3.05, 3.63) is 32.6 Å². The van der Waals surface area contributed by atoms with Gasteiger partial charge >= 0.3 is 5.69 Å². The van der Waals surface area contributed by atoms with E-state index in [-0.39, 0.29) is 11.9 Å². The summed E-state index contributed by atoms with van der Waals surface area (Å²) in [6.45, 7) is 3.39. The highest BCUT2D eigenvalue weighted by Gasteiger charge is 2.38. The largest absolute Gasteiger partial charge is 0.394 e. The summed E-state index contributed by atoms with van der Waals surface area (Å²) in [5.41, 5.74) is -0.555. The maximum atomic E-state index is 12.0. The van der Waals surface area contributed by atoms with Gasteiger partial charge in [0.25, 0.3) is 5.56 Å². The number of hydrogen-bond acceptors (Lipinski definition) is 6. The van der Waals surface area contributed by atoms with Gasteiger partial charge in [0, 0.05) is 23.4 Å². The van der Waals surface area contributed by atoms with E-state index in [1.54, 1.807) is 18.7 Å². The van der Waals surface area contributed by atoms with E-state index in [1.807, 2.05) is 0 Å². The Balaban J connectivity index is 2.23. The van der Waals surface area contributed by atoms with Gasteiger partial charge in [0.1, 0.15) is 12.3 Å². The highest BCUT2D eigenvalue weighted by molar-refractivity contribution is 7.99. The highest BCUT2D eigenvalue weighted by atomic mass is 32.2. The Hall–Kier alpha value is -1.09. The number of H-pyrrole nitrogens is 1. The maximum Gasteiger partial charge on any atom is 0.330 e. The first kappa shape index (κ1) is 18.3. The van der Waals surface area contributed by atoms with Crippen LogP contribution < -0.4 is 11.2 Å². The predicted molar refractivity (Wildman–Crippen MR) is 88.8 cm³/mol. The van der Waals surface area contributed by atoms with Gasteiger partial charge in [-0.2, -0.15) is 11.8 Å². The molecule has 0 aromatic carbocycles. The number of aromatic amines is 1. The maximum absolute atomic E-state index is 12.0. The molecule has 0 bridgehead atoms. The molecular weight excluding hydrogens is 320 g/mol. The molecule has 4 atom stereocenters. The molecule has 7 nitrogen and oxygen atoms in total. The molecule has 0 radical (unpaired) electrons. The van der Waals surface area contributed by atoms with Gasteiger partial charge in [0.15, 0.2) is 0 Å². The molecule has 23 heavy (non-hydrogen) atoms. The number of nitrogens with one attached hydrogen (secondary N) is 1. The zero-order valence-electron chi connectivity index (χ0n) is 13.4. The Bertz CT molecular complexity index is 629. The molecule has 2 unspecified atom stereocenters. The van der Waals surface area contributed by atoms with Crippen molar-refractivity contribution in [2.45, 2.75) is 56.8 Å². The molecule has 3 N–H and O–H groups in total. The van der Waals surface area contributed by atoms with E-state index in [4.69, 9.17) is 4.74 Å². The molecule has 1 saturated heterocycles. The molecule has 0 saturated carbocycles. The van der Waals surface area contributed by atoms with Crippen molar-refractivity contribution in [3.63, 3.8) is 0 Å². The topological polar surface area (TPSA) is 105 Å². The van der Waals surface area contributed by atoms with Crippen LogP contribution >= 0.6 is 11.8 Å². The quantitative estimate of drug-likeness (QED) is 0.645. The van der Waals surface area contributed by atoms with Gasteiger partial charge in [-0.15, -0.1) is 0 Å². The number of hydrogen-bond donors (Lipinski definition) is 3. The van der Waals surface area contributed by atoms with Crippen molar-refractivity contribution in [2.24, 2.45) is 0 Å². The summed E-state index contributed by atoms with van der Waals surface area (Å²) >= 11 is 1.63. The predicted octanol–water partition coefficient (Wildman–Crippen LogP) is 0.388. The monoisotopic (exact) mass is 344 g/mol. The first-order valence-electron chi connectivity index (χ1n) is 7.86. The van der Waals surface area contributed by atoms with Crippen molar-refractivity contribution in [3.8, 4) is 0 Å². The minimum atomic E-state index is -0.780. The average molecular weight is 344 g/mol. The lowest BCUT2D eigenvalue weighted by Gasteiger charge is -2.39. The van der Waals surface area contributed by atoms with Gasteiger partial charge in [-0.1, -0.05) is 13.3 Å². The van der Waals surface area contributed by atoms with Crippen LogP contribution in [0.15, 0.2) is 15.8 Å². The summed E-state index contributed by atoms with van der Waals surface area (Å²) in [5.74, 6) is 0.905. The third kappa shape index (κ3) is 4.26. The average Bonchev–Trinajstić information content (AvgIpc) is 2.53. The minimum Gasteiger partial charge on any atom is -0.394 e. The number of aliphatic hydroxyl groups is 2. The van der Waals surface area contributed by atoms with E-state index in [2.05, 4.69) is 11.9 Å². The standard InChI is InChI=1S/C15H24N2O5S/c1-3-4-5-23-11-6-12(22-10(8-18)13(11)19)17-7-9(2)14(20)16-15(17)21/h7,10-13,18-19H,3-6,8H2,1-2H3,(H,16,20,21)/t10-,11?,12?,13-/m1/s1. The second-order valence-corrected chi connectivity index (χ2v) is 7.13. The molecule has 2 heterocycles. The van der Waals surface area contributed by atoms with Gasteiger partial charge in [-0.05, 0) is 19.1 Å². The van der Waals surface area contributed by atoms with Gasteiger partial charge in [-0.25, -0.2) is 4.79 Å². The SMILES string of the molecule is CCCCSC1CC(n2cc(C)c(=O)[nH]c2=O)O[C@H](CO)[C@H]1O. The highest BCUT2D eigenvalue weighted by Crippen LogP contribution is 2.34. The number of thioether (sulfide) groups is 1. The van der Waals surface area contributed by atoms with Crippen molar-refractivity contribution in [1.29, 1.82) is 0 Å². The summed E-state index contributed by atoms with van der Waals surface area (Å²) in [7, 11) is 0. The van der Waals surface area contributed by atoms with E-state index in [0.29, 0.717) is 12.0 Å². The van der Waals surface area contributed by atoms with Crippen LogP contribution in [-0.2, 0) is 4.74 Å². The van der Waals surface area contributed by atoms with Crippen LogP contribution in [0, 0.1) is 6.92 Å². The Morgan fingerprint density at radius 2 is 2.22 bits per heavy atom. The number of aryl methyl sites for hydroxylation is 1. The van der Waals surface area contributed by atoms with E-state index < -0.39 is 29.7 Å². The summed E-state index contributed by atoms with van der Waals surface area (Å²) in [5, 5.41) is 19.6. The third-order valence-electron chi connectivity index (χ3n) is 3.99. The Kier molecular flexibility index (Phi) is 6.46. The molecule has 0 aliphatic carbocycles. The lowest BCUT2D eigenvalue weighted by molar-refractivity contribution is -0.157. The summed E-state index contributed by atoms with van der Waals surface area (Å²) in [6, 6.07) is 0. The Morgan fingerprint density at radius 3 is 2.87 bits per heavy atom. The van der Waals surface area contributed by atoms with E-state index in [9.17, 15) is 19.8 Å². The van der Waals surface area contributed by atoms with Crippen LogP contribution in [-0.4, -0.2) is 49.6 Å². The van der Waals surface area contributed by atoms with Crippen LogP contribution in [0.3, 0.4) is 0 Å². The molecule has 2 rings (SSSR count). The second-order valence-electron chi connectivity index (χ2n) is 5.78. The Labute approximate surface area is 138 Å². The lowest BCUT2D eigenvalue weighted by atomic mass is 10.0. The molecule has 1 aromatic heterocycles. The van der Waals surface area contributed by atoms with Gasteiger partial charge in [0.2, 0.25) is 0 Å². The minimum absolute atomic E-state index is 0.128. The number of rotatable bonds is 6. The summed E-state index contributed by atoms with van der Waals surface area (Å²) < 4.78 is 7.01. The van der Waals surface area contributed by atoms with E-state index >= 15 is 0 Å². The fourth-order valence-corrected chi connectivity index (χ4v) is 4.02. The van der Waals surface area contributed by atoms with Crippen molar-refractivity contribution in [1.82, 2.24) is 9.55 Å². The van der Waals surface area contributed by atoms with Crippen LogP contribution in [0.1, 0.15) is 38.0 Å². The molecule has 1 aromatic rings. The Morgan fingerprint density at radius 1 is 1.48 bits per heavy atom. The number of unbranched alkanes of at least 4 members (excludes halogenated alkanes) is 1. The van der Waals surface area contributed by atoms with Gasteiger partial charge in [0.05, 0.1) is 12.7 Å². The molecule has 0 amide bonds. The summed E-state index contributed by atoms with van der Waals surface area (Å²) in [6.07, 6.45) is 1.88. The molecule has 1 fully saturated rings. The van der Waals surface area contributed by atoms with Gasteiger partial charge in [-0.3, -0.25) is 14.3 Å². The normalized spacial score (nSPS) is 28.0. The number of aliphatic hydroxyl groups excluding tert-OH is 2. The number of nitrogens with zero attached hydrogens (tertiary/aromatic N) is 1. The summed E-state index contributed by atoms with van der Waals surface area (Å²) in [4.78, 5) is 25.8. The van der Waals surface area contributed by atoms with Crippen molar-refractivity contribution < 1.29 is 14.9 Å². The third-order valence-corrected chi connectivity index (χ3v) is 5.42. The molecule has 1 aliphatic rings. The second kappa shape index (κ2) is 8.14. The van der Waals surface area contributed by atoms with Crippen molar-refractivity contribution in [2.75, 3.05) is 12.4 Å². The molecule has 0 spiro atoms. The van der Waals surface area contributed by atoms with Crippen LogP contribution in [0.25, 0.3) is 0 Å². The number of ether oxygens (including phenoxy) is 1. The lowest BCUT2D eigenvalue weighted by Crippen LogP contribution is -2.49. The first-order chi connectivity index (χ1) is 11.0. The first-order valence-corrected chi connectivity index (χ1v) is 8.90. The van der Waals surface area contributed by atoms with Crippen LogP contribution in [0.2, 0.25) is 0 Å². The molecule has 8 heteroatoms. The molecule has 130 valence electrons. The number of aromatic nitrogens is 2. The van der Waals surface area contributed by atoms with E-state index in [0.717, 1.165) is 18.6 Å². The fraction of sp³-hybridized carbons (Fsp3) is 0.733. The fourth-order valence-electron chi connectivity index (χ4n) is 2.59. The molecular formula is C15H24N2O5S. The van der Waals surface area contributed by atoms with E-state index in [1.165, 1.54) is 10.8 Å². The van der Waals surface area contributed by atoms with Gasteiger partial charge < -0.3 is 14.9 Å². The zero-order chi connectivity index (χ0) is 17.0. The van der Waals surface area contributed by atoms with Crippen LogP contribution in [0.5, 0.6) is 0 Å². The van der Waals surface area contributed by atoms with Crippen LogP contribution in [0.4, 0.5) is 0 Å². The zero-order valence-corrected chi connectivity index (χ0v) is 14.2. The molecule has 1 aliphatic heterocycles.